The van der Waals surface area contributed by atoms with Gasteiger partial charge in [0.05, 0.1) is 17.2 Å². The summed E-state index contributed by atoms with van der Waals surface area (Å²) in [5, 5.41) is 8.89. The maximum absolute atomic E-state index is 12.1. The van der Waals surface area contributed by atoms with Gasteiger partial charge < -0.3 is 10.0 Å². The summed E-state index contributed by atoms with van der Waals surface area (Å²) in [7, 11) is 1.43. The number of aliphatic carboxylic acids is 1. The second-order valence-corrected chi connectivity index (χ2v) is 4.17. The zero-order valence-electron chi connectivity index (χ0n) is 10.6. The molecule has 0 saturated carbocycles. The fourth-order valence-electron chi connectivity index (χ4n) is 1.58. The lowest BCUT2D eigenvalue weighted by atomic mass is 10.2. The van der Waals surface area contributed by atoms with Gasteiger partial charge in [-0.3, -0.25) is 9.78 Å². The standard InChI is InChI=1S/C13H13N3O3/c1-8(13(18)19)16(2)12(17)11-7-14-9-5-3-4-6-10(9)15-11/h3-8H,1-2H3,(H,18,19)/t8-/m0/s1. The minimum Gasteiger partial charge on any atom is -0.480 e. The maximum atomic E-state index is 12.1. The number of benzene rings is 1. The molecule has 2 aromatic rings. The zero-order valence-corrected chi connectivity index (χ0v) is 10.6. The smallest absolute Gasteiger partial charge is 0.326 e. The second-order valence-electron chi connectivity index (χ2n) is 4.17. The highest BCUT2D eigenvalue weighted by Gasteiger charge is 2.23. The molecular formula is C13H13N3O3. The van der Waals surface area contributed by atoms with Crippen molar-refractivity contribution in [2.75, 3.05) is 7.05 Å². The highest BCUT2D eigenvalue weighted by Crippen LogP contribution is 2.10. The summed E-state index contributed by atoms with van der Waals surface area (Å²) in [4.78, 5) is 32.4. The maximum Gasteiger partial charge on any atom is 0.326 e. The molecule has 1 atom stereocenters. The first-order valence-corrected chi connectivity index (χ1v) is 5.72. The first-order valence-electron chi connectivity index (χ1n) is 5.72. The van der Waals surface area contributed by atoms with Gasteiger partial charge >= 0.3 is 5.97 Å². The van der Waals surface area contributed by atoms with E-state index in [0.29, 0.717) is 11.0 Å². The highest BCUT2D eigenvalue weighted by molar-refractivity contribution is 5.95. The number of carboxylic acid groups (broad SMARTS) is 1. The van der Waals surface area contributed by atoms with Crippen molar-refractivity contribution in [3.8, 4) is 0 Å². The molecule has 1 N–H and O–H groups in total. The lowest BCUT2D eigenvalue weighted by molar-refractivity contribution is -0.141. The third kappa shape index (κ3) is 2.52. The van der Waals surface area contributed by atoms with Gasteiger partial charge in [-0.15, -0.1) is 0 Å². The normalized spacial score (nSPS) is 12.1. The number of hydrogen-bond donors (Lipinski definition) is 1. The van der Waals surface area contributed by atoms with Gasteiger partial charge in [0.2, 0.25) is 0 Å². The predicted molar refractivity (Wildman–Crippen MR) is 68.7 cm³/mol. The number of carboxylic acids is 1. The van der Waals surface area contributed by atoms with Crippen LogP contribution in [0, 0.1) is 0 Å². The van der Waals surface area contributed by atoms with Crippen molar-refractivity contribution in [1.82, 2.24) is 14.9 Å². The Morgan fingerprint density at radius 2 is 1.89 bits per heavy atom. The van der Waals surface area contributed by atoms with Gasteiger partial charge in [0.1, 0.15) is 11.7 Å². The van der Waals surface area contributed by atoms with Crippen LogP contribution >= 0.6 is 0 Å². The zero-order chi connectivity index (χ0) is 14.0. The number of carbonyl (C=O) groups is 2. The molecule has 0 unspecified atom stereocenters. The Kier molecular flexibility index (Phi) is 3.41. The summed E-state index contributed by atoms with van der Waals surface area (Å²) in [6.07, 6.45) is 1.36. The van der Waals surface area contributed by atoms with Crippen LogP contribution in [-0.2, 0) is 4.79 Å². The number of amides is 1. The van der Waals surface area contributed by atoms with Gasteiger partial charge in [0.25, 0.3) is 5.91 Å². The van der Waals surface area contributed by atoms with E-state index in [-0.39, 0.29) is 5.69 Å². The van der Waals surface area contributed by atoms with Crippen LogP contribution in [0.15, 0.2) is 30.5 Å². The Morgan fingerprint density at radius 3 is 2.53 bits per heavy atom. The Bertz CT molecular complexity index is 642. The Labute approximate surface area is 109 Å². The van der Waals surface area contributed by atoms with E-state index in [0.717, 1.165) is 4.90 Å². The van der Waals surface area contributed by atoms with E-state index in [4.69, 9.17) is 5.11 Å². The van der Waals surface area contributed by atoms with Crippen LogP contribution in [0.25, 0.3) is 11.0 Å². The van der Waals surface area contributed by atoms with Crippen LogP contribution in [0.2, 0.25) is 0 Å². The molecule has 0 aliphatic carbocycles. The molecule has 1 amide bonds. The van der Waals surface area contributed by atoms with E-state index in [1.54, 1.807) is 18.2 Å². The molecule has 0 saturated heterocycles. The van der Waals surface area contributed by atoms with Crippen molar-refractivity contribution in [2.45, 2.75) is 13.0 Å². The molecule has 1 aromatic heterocycles. The molecule has 0 radical (unpaired) electrons. The van der Waals surface area contributed by atoms with Crippen LogP contribution in [-0.4, -0.2) is 44.9 Å². The van der Waals surface area contributed by atoms with E-state index in [2.05, 4.69) is 9.97 Å². The Morgan fingerprint density at radius 1 is 1.26 bits per heavy atom. The van der Waals surface area contributed by atoms with Gasteiger partial charge in [-0.25, -0.2) is 9.78 Å². The van der Waals surface area contributed by atoms with Gasteiger partial charge in [0, 0.05) is 7.05 Å². The van der Waals surface area contributed by atoms with E-state index in [1.165, 1.54) is 20.2 Å². The summed E-state index contributed by atoms with van der Waals surface area (Å²) in [5.74, 6) is -1.53. The number of likely N-dealkylation sites (N-methyl/N-ethyl adjacent to an activating group) is 1. The number of rotatable bonds is 3. The third-order valence-electron chi connectivity index (χ3n) is 2.93. The van der Waals surface area contributed by atoms with E-state index < -0.39 is 17.9 Å². The van der Waals surface area contributed by atoms with Gasteiger partial charge in [-0.2, -0.15) is 0 Å². The van der Waals surface area contributed by atoms with Crippen LogP contribution in [0.5, 0.6) is 0 Å². The Balaban J connectivity index is 2.33. The molecule has 6 nitrogen and oxygen atoms in total. The molecule has 1 heterocycles. The fraction of sp³-hybridized carbons (Fsp3) is 0.231. The number of carbonyl (C=O) groups excluding carboxylic acids is 1. The summed E-state index contributed by atoms with van der Waals surface area (Å²) in [5.41, 5.74) is 1.42. The van der Waals surface area contributed by atoms with Crippen molar-refractivity contribution >= 4 is 22.9 Å². The fourth-order valence-corrected chi connectivity index (χ4v) is 1.58. The SMILES string of the molecule is C[C@@H](C(=O)O)N(C)C(=O)c1cnc2ccccc2n1. The minimum atomic E-state index is -1.07. The quantitative estimate of drug-likeness (QED) is 0.894. The van der Waals surface area contributed by atoms with E-state index >= 15 is 0 Å². The van der Waals surface area contributed by atoms with Crippen molar-refractivity contribution in [3.63, 3.8) is 0 Å². The average molecular weight is 259 g/mol. The molecule has 0 bridgehead atoms. The monoisotopic (exact) mass is 259 g/mol. The number of fused-ring (bicyclic) bond motifs is 1. The summed E-state index contributed by atoms with van der Waals surface area (Å²) in [6.45, 7) is 1.44. The second kappa shape index (κ2) is 5.01. The summed E-state index contributed by atoms with van der Waals surface area (Å²) >= 11 is 0. The van der Waals surface area contributed by atoms with Gasteiger partial charge in [-0.05, 0) is 19.1 Å². The Hall–Kier alpha value is -2.50. The van der Waals surface area contributed by atoms with Gasteiger partial charge in [-0.1, -0.05) is 12.1 Å². The molecular weight excluding hydrogens is 246 g/mol. The van der Waals surface area contributed by atoms with Crippen molar-refractivity contribution in [2.24, 2.45) is 0 Å². The molecule has 0 aliphatic rings. The first kappa shape index (κ1) is 12.9. The lowest BCUT2D eigenvalue weighted by Gasteiger charge is -2.20. The summed E-state index contributed by atoms with van der Waals surface area (Å²) < 4.78 is 0. The molecule has 19 heavy (non-hydrogen) atoms. The van der Waals surface area contributed by atoms with E-state index in [1.807, 2.05) is 6.07 Å². The summed E-state index contributed by atoms with van der Waals surface area (Å²) in [6, 6.07) is 6.26. The van der Waals surface area contributed by atoms with Crippen LogP contribution < -0.4 is 0 Å². The van der Waals surface area contributed by atoms with Crippen molar-refractivity contribution in [1.29, 1.82) is 0 Å². The molecule has 2 rings (SSSR count). The first-order chi connectivity index (χ1) is 9.00. The molecule has 0 fully saturated rings. The molecule has 0 aliphatic heterocycles. The molecule has 98 valence electrons. The van der Waals surface area contributed by atoms with E-state index in [9.17, 15) is 9.59 Å². The van der Waals surface area contributed by atoms with Gasteiger partial charge in [0.15, 0.2) is 0 Å². The van der Waals surface area contributed by atoms with Crippen LogP contribution in [0.1, 0.15) is 17.4 Å². The molecule has 1 aromatic carbocycles. The van der Waals surface area contributed by atoms with Crippen LogP contribution in [0.3, 0.4) is 0 Å². The number of aromatic nitrogens is 2. The van der Waals surface area contributed by atoms with Crippen molar-refractivity contribution in [3.05, 3.63) is 36.2 Å². The predicted octanol–water partition coefficient (Wildman–Crippen LogP) is 1.17. The largest absolute Gasteiger partial charge is 0.480 e. The van der Waals surface area contributed by atoms with Crippen LogP contribution in [0.4, 0.5) is 0 Å². The topological polar surface area (TPSA) is 83.4 Å². The lowest BCUT2D eigenvalue weighted by Crippen LogP contribution is -2.40. The molecule has 0 spiro atoms. The van der Waals surface area contributed by atoms with Crippen molar-refractivity contribution < 1.29 is 14.7 Å². The number of hydrogen-bond acceptors (Lipinski definition) is 4. The molecule has 6 heteroatoms. The number of para-hydroxylation sites is 2. The highest BCUT2D eigenvalue weighted by atomic mass is 16.4. The third-order valence-corrected chi connectivity index (χ3v) is 2.93. The minimum absolute atomic E-state index is 0.134. The number of nitrogens with zero attached hydrogens (tertiary/aromatic N) is 3. The average Bonchev–Trinajstić information content (AvgIpc) is 2.44.